The number of halogens is 3. The molecule has 0 amide bonds. The summed E-state index contributed by atoms with van der Waals surface area (Å²) in [5, 5.41) is 0.287. The van der Waals surface area contributed by atoms with E-state index >= 15 is 0 Å². The Morgan fingerprint density at radius 3 is 2.62 bits per heavy atom. The largest absolute Gasteiger partial charge is 0.460 e. The molecule has 3 rings (SSSR count). The third kappa shape index (κ3) is 2.62. The van der Waals surface area contributed by atoms with Crippen LogP contribution < -0.4 is 0 Å². The molecule has 6 heteroatoms. The quantitative estimate of drug-likeness (QED) is 0.783. The average molecular weight is 298 g/mol. The maximum Gasteiger partial charge on any atom is 0.420 e. The molecule has 21 heavy (non-hydrogen) atoms. The molecule has 0 spiro atoms. The van der Waals surface area contributed by atoms with Crippen molar-refractivity contribution < 1.29 is 27.1 Å². The van der Waals surface area contributed by atoms with E-state index in [1.165, 1.54) is 6.07 Å². The highest BCUT2D eigenvalue weighted by Gasteiger charge is 2.37. The van der Waals surface area contributed by atoms with Gasteiger partial charge in [0, 0.05) is 5.39 Å². The van der Waals surface area contributed by atoms with Crippen LogP contribution >= 0.6 is 0 Å². The Balaban J connectivity index is 2.15. The molecular weight excluding hydrogens is 285 g/mol. The number of carbonyl (C=O) groups excluding carboxylic acids is 1. The van der Waals surface area contributed by atoms with Crippen molar-refractivity contribution in [3.05, 3.63) is 35.1 Å². The summed E-state index contributed by atoms with van der Waals surface area (Å²) in [7, 11) is 0. The monoisotopic (exact) mass is 298 g/mol. The zero-order valence-electron chi connectivity index (χ0n) is 11.3. The van der Waals surface area contributed by atoms with Gasteiger partial charge in [-0.15, -0.1) is 0 Å². The van der Waals surface area contributed by atoms with Gasteiger partial charge in [0.25, 0.3) is 0 Å². The fourth-order valence-corrected chi connectivity index (χ4v) is 2.34. The minimum atomic E-state index is -4.52. The molecule has 1 aromatic heterocycles. The Bertz CT molecular complexity index is 696. The molecule has 1 aromatic carbocycles. The van der Waals surface area contributed by atoms with Crippen LogP contribution in [0.1, 0.15) is 47.4 Å². The molecule has 0 unspecified atom stereocenters. The summed E-state index contributed by atoms with van der Waals surface area (Å²) < 4.78 is 49.4. The number of furan rings is 1. The van der Waals surface area contributed by atoms with Gasteiger partial charge >= 0.3 is 12.1 Å². The molecule has 1 aliphatic carbocycles. The van der Waals surface area contributed by atoms with Crippen LogP contribution in [0, 0.1) is 0 Å². The van der Waals surface area contributed by atoms with Crippen LogP contribution in [0.4, 0.5) is 13.2 Å². The van der Waals surface area contributed by atoms with E-state index < -0.39 is 17.7 Å². The van der Waals surface area contributed by atoms with Gasteiger partial charge in [0.05, 0.1) is 12.2 Å². The predicted molar refractivity (Wildman–Crippen MR) is 69.1 cm³/mol. The van der Waals surface area contributed by atoms with Crippen LogP contribution in [0.25, 0.3) is 11.0 Å². The van der Waals surface area contributed by atoms with Crippen molar-refractivity contribution in [2.45, 2.75) is 31.9 Å². The van der Waals surface area contributed by atoms with Crippen LogP contribution in [-0.2, 0) is 10.9 Å². The Kier molecular flexibility index (Phi) is 3.19. The molecule has 0 bridgehead atoms. The van der Waals surface area contributed by atoms with Gasteiger partial charge in [-0.25, -0.2) is 4.79 Å². The lowest BCUT2D eigenvalue weighted by Crippen LogP contribution is -2.06. The molecule has 1 fully saturated rings. The van der Waals surface area contributed by atoms with Gasteiger partial charge in [-0.1, -0.05) is 0 Å². The number of hydrogen-bond acceptors (Lipinski definition) is 3. The van der Waals surface area contributed by atoms with E-state index in [1.807, 2.05) is 0 Å². The molecule has 3 nitrogen and oxygen atoms in total. The molecule has 0 N–H and O–H groups in total. The Labute approximate surface area is 118 Å². The third-order valence-corrected chi connectivity index (χ3v) is 3.47. The van der Waals surface area contributed by atoms with Crippen LogP contribution in [0.5, 0.6) is 0 Å². The third-order valence-electron chi connectivity index (χ3n) is 3.47. The molecule has 0 radical (unpaired) electrons. The number of fused-ring (bicyclic) bond motifs is 1. The number of ether oxygens (including phenoxy) is 1. The second-order valence-corrected chi connectivity index (χ2v) is 5.09. The van der Waals surface area contributed by atoms with Gasteiger partial charge in [0.15, 0.2) is 0 Å². The SMILES string of the molecule is CCOC(=O)c1cc2cc(C3CC3)cc(C(F)(F)F)c2o1. The van der Waals surface area contributed by atoms with Crippen molar-refractivity contribution in [3.8, 4) is 0 Å². The number of rotatable bonds is 3. The lowest BCUT2D eigenvalue weighted by Gasteiger charge is -2.09. The van der Waals surface area contributed by atoms with Gasteiger partial charge in [0.2, 0.25) is 5.76 Å². The van der Waals surface area contributed by atoms with Crippen LogP contribution in [0.15, 0.2) is 22.6 Å². The van der Waals surface area contributed by atoms with Crippen molar-refractivity contribution in [1.29, 1.82) is 0 Å². The van der Waals surface area contributed by atoms with Crippen molar-refractivity contribution in [3.63, 3.8) is 0 Å². The fraction of sp³-hybridized carbons (Fsp3) is 0.400. The minimum absolute atomic E-state index is 0.134. The molecule has 1 heterocycles. The zero-order valence-corrected chi connectivity index (χ0v) is 11.3. The second kappa shape index (κ2) is 4.79. The smallest absolute Gasteiger partial charge is 0.420 e. The maximum atomic E-state index is 13.2. The van der Waals surface area contributed by atoms with Crippen molar-refractivity contribution >= 4 is 16.9 Å². The lowest BCUT2D eigenvalue weighted by atomic mass is 10.0. The molecule has 0 atom stereocenters. The molecule has 2 aromatic rings. The first kappa shape index (κ1) is 14.0. The van der Waals surface area contributed by atoms with Gasteiger partial charge in [-0.2, -0.15) is 13.2 Å². The first-order valence-corrected chi connectivity index (χ1v) is 6.72. The standard InChI is InChI=1S/C15H13F3O3/c1-2-20-14(19)12-7-10-5-9(8-3-4-8)6-11(13(10)21-12)15(16,17)18/h5-8H,2-4H2,1H3. The normalized spacial score (nSPS) is 15.4. The molecular formula is C15H13F3O3. The average Bonchev–Trinajstić information content (AvgIpc) is 3.15. The van der Waals surface area contributed by atoms with Crippen LogP contribution in [-0.4, -0.2) is 12.6 Å². The summed E-state index contributed by atoms with van der Waals surface area (Å²) in [5.41, 5.74) is -0.501. The summed E-state index contributed by atoms with van der Waals surface area (Å²) in [5.74, 6) is -0.781. The number of hydrogen-bond donors (Lipinski definition) is 0. The molecule has 1 saturated carbocycles. The Morgan fingerprint density at radius 2 is 2.05 bits per heavy atom. The summed E-state index contributed by atoms with van der Waals surface area (Å²) in [4.78, 5) is 11.6. The molecule has 0 saturated heterocycles. The summed E-state index contributed by atoms with van der Waals surface area (Å²) in [6.45, 7) is 1.75. The Hall–Kier alpha value is -1.98. The van der Waals surface area contributed by atoms with E-state index in [0.29, 0.717) is 5.56 Å². The van der Waals surface area contributed by atoms with Gasteiger partial charge in [-0.3, -0.25) is 0 Å². The topological polar surface area (TPSA) is 39.4 Å². The molecule has 112 valence electrons. The number of benzene rings is 1. The van der Waals surface area contributed by atoms with E-state index in [4.69, 9.17) is 9.15 Å². The highest BCUT2D eigenvalue weighted by Crippen LogP contribution is 2.45. The summed E-state index contributed by atoms with van der Waals surface area (Å²) in [6.07, 6.45) is -2.73. The maximum absolute atomic E-state index is 13.2. The first-order valence-electron chi connectivity index (χ1n) is 6.72. The zero-order chi connectivity index (χ0) is 15.2. The fourth-order valence-electron chi connectivity index (χ4n) is 2.34. The van der Waals surface area contributed by atoms with Gasteiger partial charge in [0.1, 0.15) is 5.58 Å². The number of esters is 1. The van der Waals surface area contributed by atoms with E-state index in [0.717, 1.165) is 18.9 Å². The predicted octanol–water partition coefficient (Wildman–Crippen LogP) is 4.51. The van der Waals surface area contributed by atoms with Gasteiger partial charge in [-0.05, 0) is 49.4 Å². The number of carbonyl (C=O) groups is 1. The van der Waals surface area contributed by atoms with E-state index in [-0.39, 0.29) is 29.3 Å². The van der Waals surface area contributed by atoms with E-state index in [1.54, 1.807) is 13.0 Å². The Morgan fingerprint density at radius 1 is 1.33 bits per heavy atom. The van der Waals surface area contributed by atoms with Crippen molar-refractivity contribution in [2.75, 3.05) is 6.61 Å². The van der Waals surface area contributed by atoms with E-state index in [9.17, 15) is 18.0 Å². The summed E-state index contributed by atoms with van der Waals surface area (Å²) >= 11 is 0. The van der Waals surface area contributed by atoms with Crippen LogP contribution in [0.2, 0.25) is 0 Å². The summed E-state index contributed by atoms with van der Waals surface area (Å²) in [6, 6.07) is 4.10. The minimum Gasteiger partial charge on any atom is -0.460 e. The number of alkyl halides is 3. The first-order chi connectivity index (χ1) is 9.90. The molecule has 1 aliphatic rings. The highest BCUT2D eigenvalue weighted by atomic mass is 19.4. The second-order valence-electron chi connectivity index (χ2n) is 5.09. The molecule has 0 aliphatic heterocycles. The van der Waals surface area contributed by atoms with Crippen molar-refractivity contribution in [2.24, 2.45) is 0 Å². The highest BCUT2D eigenvalue weighted by molar-refractivity contribution is 5.94. The lowest BCUT2D eigenvalue weighted by molar-refractivity contribution is -0.136. The van der Waals surface area contributed by atoms with Crippen LogP contribution in [0.3, 0.4) is 0 Å². The van der Waals surface area contributed by atoms with E-state index in [2.05, 4.69) is 0 Å². The van der Waals surface area contributed by atoms with Gasteiger partial charge < -0.3 is 9.15 Å². The van der Waals surface area contributed by atoms with Crippen molar-refractivity contribution in [1.82, 2.24) is 0 Å².